The van der Waals surface area contributed by atoms with E-state index in [1.54, 1.807) is 49.4 Å². The first-order valence-electron chi connectivity index (χ1n) is 9.79. The summed E-state index contributed by atoms with van der Waals surface area (Å²) in [5.41, 5.74) is 0.535. The maximum Gasteiger partial charge on any atom is 0.338 e. The molecule has 0 amide bonds. The number of fused-ring (bicyclic) bond motifs is 1. The van der Waals surface area contributed by atoms with Gasteiger partial charge in [-0.15, -0.1) is 0 Å². The van der Waals surface area contributed by atoms with Crippen molar-refractivity contribution in [3.05, 3.63) is 58.6 Å². The standard InChI is InChI=1S/C23H25ClO6/c1-5-27-22(26)18-13-20(29-19-11-8-15(24)12-17(18)19)28-16-9-6-14(7-10-16)21(25)30-23(2,3)4/h6-12,18,20H,5,13H2,1-4H3. The lowest BCUT2D eigenvalue weighted by atomic mass is 9.92. The summed E-state index contributed by atoms with van der Waals surface area (Å²) in [4.78, 5) is 24.6. The molecule has 6 nitrogen and oxygen atoms in total. The molecule has 0 spiro atoms. The van der Waals surface area contributed by atoms with Gasteiger partial charge in [0, 0.05) is 17.0 Å². The smallest absolute Gasteiger partial charge is 0.338 e. The Hall–Kier alpha value is -2.73. The van der Waals surface area contributed by atoms with Crippen molar-refractivity contribution in [1.82, 2.24) is 0 Å². The Bertz CT molecular complexity index is 916. The molecular weight excluding hydrogens is 408 g/mol. The van der Waals surface area contributed by atoms with Crippen LogP contribution in [0.3, 0.4) is 0 Å². The number of esters is 2. The third kappa shape index (κ3) is 5.45. The van der Waals surface area contributed by atoms with E-state index in [0.717, 1.165) is 0 Å². The van der Waals surface area contributed by atoms with E-state index in [2.05, 4.69) is 0 Å². The molecule has 2 aromatic carbocycles. The quantitative estimate of drug-likeness (QED) is 0.610. The Morgan fingerprint density at radius 1 is 1.13 bits per heavy atom. The van der Waals surface area contributed by atoms with Crippen LogP contribution in [0.15, 0.2) is 42.5 Å². The van der Waals surface area contributed by atoms with Crippen molar-refractivity contribution in [3.63, 3.8) is 0 Å². The third-order valence-corrected chi connectivity index (χ3v) is 4.60. The zero-order valence-corrected chi connectivity index (χ0v) is 18.2. The van der Waals surface area contributed by atoms with Crippen LogP contribution in [-0.2, 0) is 14.3 Å². The van der Waals surface area contributed by atoms with Crippen molar-refractivity contribution in [2.75, 3.05) is 6.61 Å². The Kier molecular flexibility index (Phi) is 6.56. The molecule has 2 atom stereocenters. The molecule has 0 saturated carbocycles. The predicted molar refractivity (Wildman–Crippen MR) is 112 cm³/mol. The molecule has 0 saturated heterocycles. The maximum absolute atomic E-state index is 12.5. The fraction of sp³-hybridized carbons (Fsp3) is 0.391. The fourth-order valence-electron chi connectivity index (χ4n) is 3.10. The monoisotopic (exact) mass is 432 g/mol. The van der Waals surface area contributed by atoms with Crippen LogP contribution >= 0.6 is 11.6 Å². The first-order valence-corrected chi connectivity index (χ1v) is 10.2. The zero-order chi connectivity index (χ0) is 21.9. The fourth-order valence-corrected chi connectivity index (χ4v) is 3.29. The highest BCUT2D eigenvalue weighted by Crippen LogP contribution is 2.39. The largest absolute Gasteiger partial charge is 0.466 e. The number of carbonyl (C=O) groups excluding carboxylic acids is 2. The van der Waals surface area contributed by atoms with Crippen molar-refractivity contribution < 1.29 is 28.5 Å². The lowest BCUT2D eigenvalue weighted by molar-refractivity contribution is -0.148. The second-order valence-corrected chi connectivity index (χ2v) is 8.35. The lowest BCUT2D eigenvalue weighted by Crippen LogP contribution is -2.34. The number of ether oxygens (including phenoxy) is 4. The number of benzene rings is 2. The van der Waals surface area contributed by atoms with Crippen LogP contribution in [0.25, 0.3) is 0 Å². The molecule has 1 aliphatic heterocycles. The van der Waals surface area contributed by atoms with Crippen LogP contribution in [0.4, 0.5) is 0 Å². The second kappa shape index (κ2) is 8.96. The minimum atomic E-state index is -0.694. The molecule has 0 bridgehead atoms. The van der Waals surface area contributed by atoms with Crippen LogP contribution in [0, 0.1) is 0 Å². The van der Waals surface area contributed by atoms with Gasteiger partial charge in [-0.1, -0.05) is 11.6 Å². The highest BCUT2D eigenvalue weighted by Gasteiger charge is 2.35. The minimum absolute atomic E-state index is 0.278. The lowest BCUT2D eigenvalue weighted by Gasteiger charge is -2.31. The summed E-state index contributed by atoms with van der Waals surface area (Å²) in [6, 6.07) is 11.7. The average Bonchev–Trinajstić information content (AvgIpc) is 2.67. The molecule has 30 heavy (non-hydrogen) atoms. The summed E-state index contributed by atoms with van der Waals surface area (Å²) in [6.07, 6.45) is -0.416. The Morgan fingerprint density at radius 3 is 2.47 bits per heavy atom. The van der Waals surface area contributed by atoms with E-state index >= 15 is 0 Å². The van der Waals surface area contributed by atoms with Crippen LogP contribution in [-0.4, -0.2) is 30.4 Å². The van der Waals surface area contributed by atoms with E-state index in [4.69, 9.17) is 30.5 Å². The molecule has 2 aromatic rings. The number of carbonyl (C=O) groups is 2. The van der Waals surface area contributed by atoms with Crippen molar-refractivity contribution in [2.45, 2.75) is 51.9 Å². The van der Waals surface area contributed by atoms with Gasteiger partial charge < -0.3 is 18.9 Å². The summed E-state index contributed by atoms with van der Waals surface area (Å²) in [5, 5.41) is 0.517. The van der Waals surface area contributed by atoms with Crippen molar-refractivity contribution in [1.29, 1.82) is 0 Å². The number of hydrogen-bond donors (Lipinski definition) is 0. The first kappa shape index (κ1) is 22.0. The molecule has 160 valence electrons. The molecule has 1 aliphatic rings. The van der Waals surface area contributed by atoms with Gasteiger partial charge in [0.2, 0.25) is 6.29 Å². The molecule has 0 N–H and O–H groups in total. The normalized spacial score (nSPS) is 18.0. The van der Waals surface area contributed by atoms with Gasteiger partial charge in [0.1, 0.15) is 17.1 Å². The molecular formula is C23H25ClO6. The van der Waals surface area contributed by atoms with Crippen LogP contribution in [0.2, 0.25) is 5.02 Å². The van der Waals surface area contributed by atoms with Gasteiger partial charge in [0.05, 0.1) is 18.1 Å². The van der Waals surface area contributed by atoms with Crippen molar-refractivity contribution in [3.8, 4) is 11.5 Å². The molecule has 7 heteroatoms. The van der Waals surface area contributed by atoms with Crippen molar-refractivity contribution in [2.24, 2.45) is 0 Å². The summed E-state index contributed by atoms with van der Waals surface area (Å²) < 4.78 is 22.4. The average molecular weight is 433 g/mol. The zero-order valence-electron chi connectivity index (χ0n) is 17.4. The molecule has 0 aromatic heterocycles. The van der Waals surface area contributed by atoms with Crippen LogP contribution in [0.1, 0.15) is 56.0 Å². The highest BCUT2D eigenvalue weighted by molar-refractivity contribution is 6.30. The predicted octanol–water partition coefficient (Wildman–Crippen LogP) is 5.13. The number of rotatable bonds is 5. The summed E-state index contributed by atoms with van der Waals surface area (Å²) in [5.74, 6) is -0.265. The Labute approximate surface area is 181 Å². The SMILES string of the molecule is CCOC(=O)C1CC(Oc2ccc(C(=O)OC(C)(C)C)cc2)Oc2ccc(Cl)cc21. The van der Waals surface area contributed by atoms with E-state index in [-0.39, 0.29) is 19.0 Å². The first-order chi connectivity index (χ1) is 14.2. The molecule has 0 fully saturated rings. The molecule has 1 heterocycles. The van der Waals surface area contributed by atoms with Gasteiger partial charge in [0.15, 0.2) is 0 Å². The van der Waals surface area contributed by atoms with Gasteiger partial charge in [-0.05, 0) is 70.2 Å². The topological polar surface area (TPSA) is 71.1 Å². The van der Waals surface area contributed by atoms with Gasteiger partial charge in [-0.2, -0.15) is 0 Å². The van der Waals surface area contributed by atoms with E-state index in [0.29, 0.717) is 27.6 Å². The van der Waals surface area contributed by atoms with E-state index in [1.807, 2.05) is 20.8 Å². The van der Waals surface area contributed by atoms with Gasteiger partial charge in [-0.3, -0.25) is 4.79 Å². The van der Waals surface area contributed by atoms with E-state index < -0.39 is 23.8 Å². The molecule has 0 radical (unpaired) electrons. The molecule has 2 unspecified atom stereocenters. The highest BCUT2D eigenvalue weighted by atomic mass is 35.5. The molecule has 3 rings (SSSR count). The summed E-state index contributed by atoms with van der Waals surface area (Å²) in [6.45, 7) is 7.48. The van der Waals surface area contributed by atoms with Gasteiger partial charge in [0.25, 0.3) is 0 Å². The van der Waals surface area contributed by atoms with Crippen LogP contribution in [0.5, 0.6) is 11.5 Å². The summed E-state index contributed by atoms with van der Waals surface area (Å²) >= 11 is 6.09. The van der Waals surface area contributed by atoms with Crippen LogP contribution < -0.4 is 9.47 Å². The number of halogens is 1. The molecule has 0 aliphatic carbocycles. The minimum Gasteiger partial charge on any atom is -0.466 e. The number of hydrogen-bond acceptors (Lipinski definition) is 6. The second-order valence-electron chi connectivity index (χ2n) is 7.91. The van der Waals surface area contributed by atoms with Crippen molar-refractivity contribution >= 4 is 23.5 Å². The Morgan fingerprint density at radius 2 is 1.83 bits per heavy atom. The summed E-state index contributed by atoms with van der Waals surface area (Å²) in [7, 11) is 0. The van der Waals surface area contributed by atoms with Gasteiger partial charge >= 0.3 is 11.9 Å². The van der Waals surface area contributed by atoms with E-state index in [9.17, 15) is 9.59 Å². The van der Waals surface area contributed by atoms with Gasteiger partial charge in [-0.25, -0.2) is 4.79 Å². The maximum atomic E-state index is 12.5. The van der Waals surface area contributed by atoms with E-state index in [1.165, 1.54) is 0 Å². The third-order valence-electron chi connectivity index (χ3n) is 4.36. The Balaban J connectivity index is 1.74.